The van der Waals surface area contributed by atoms with E-state index in [4.69, 9.17) is 40.1 Å². The molecule has 1 heterocycles. The highest BCUT2D eigenvalue weighted by atomic mass is 35.5. The van der Waals surface area contributed by atoms with Crippen LogP contribution in [-0.2, 0) is 0 Å². The molecular formula is C16H7Cl3N2. The molecule has 0 bridgehead atoms. The average molecular weight is 334 g/mol. The van der Waals surface area contributed by atoms with Crippen molar-refractivity contribution in [3.05, 3.63) is 63.2 Å². The maximum atomic E-state index is 9.03. The predicted octanol–water partition coefficient (Wildman–Crippen LogP) is 5.73. The van der Waals surface area contributed by atoms with Gasteiger partial charge in [0.05, 0.1) is 21.1 Å². The highest BCUT2D eigenvalue weighted by molar-refractivity contribution is 6.38. The molecule has 0 aliphatic carbocycles. The third kappa shape index (κ3) is 2.56. The number of halogens is 3. The minimum absolute atomic E-state index is 0.341. The molecular weight excluding hydrogens is 327 g/mol. The lowest BCUT2D eigenvalue weighted by atomic mass is 10.0. The van der Waals surface area contributed by atoms with Crippen LogP contribution in [0, 0.1) is 11.3 Å². The summed E-state index contributed by atoms with van der Waals surface area (Å²) in [7, 11) is 0. The van der Waals surface area contributed by atoms with Crippen LogP contribution >= 0.6 is 34.8 Å². The number of benzene rings is 2. The summed E-state index contributed by atoms with van der Waals surface area (Å²) in [5.74, 6) is 0. The van der Waals surface area contributed by atoms with E-state index < -0.39 is 0 Å². The summed E-state index contributed by atoms with van der Waals surface area (Å²) in [6.45, 7) is 0. The molecule has 1 aromatic heterocycles. The topological polar surface area (TPSA) is 36.7 Å². The molecule has 21 heavy (non-hydrogen) atoms. The fraction of sp³-hybridized carbons (Fsp3) is 0. The van der Waals surface area contributed by atoms with Gasteiger partial charge in [0, 0.05) is 22.2 Å². The van der Waals surface area contributed by atoms with Crippen molar-refractivity contribution in [2.24, 2.45) is 0 Å². The Kier molecular flexibility index (Phi) is 3.73. The summed E-state index contributed by atoms with van der Waals surface area (Å²) in [5.41, 5.74) is 2.74. The third-order valence-corrected chi connectivity index (χ3v) is 4.14. The van der Waals surface area contributed by atoms with Crippen LogP contribution in [0.2, 0.25) is 15.1 Å². The summed E-state index contributed by atoms with van der Waals surface area (Å²) in [6, 6.07) is 13.0. The summed E-state index contributed by atoms with van der Waals surface area (Å²) >= 11 is 18.5. The second-order valence-corrected chi connectivity index (χ2v) is 5.68. The van der Waals surface area contributed by atoms with E-state index in [0.29, 0.717) is 31.5 Å². The van der Waals surface area contributed by atoms with E-state index in [-0.39, 0.29) is 0 Å². The van der Waals surface area contributed by atoms with Gasteiger partial charge in [-0.1, -0.05) is 46.9 Å². The SMILES string of the molecule is N#Cc1cnc2cc(Cl)c(-c3ccc(Cl)cc3)cc2c1Cl. The van der Waals surface area contributed by atoms with Gasteiger partial charge >= 0.3 is 0 Å². The summed E-state index contributed by atoms with van der Waals surface area (Å²) in [6.07, 6.45) is 1.45. The van der Waals surface area contributed by atoms with E-state index in [2.05, 4.69) is 4.98 Å². The van der Waals surface area contributed by atoms with Crippen LogP contribution in [0.15, 0.2) is 42.6 Å². The first kappa shape index (κ1) is 14.2. The number of aromatic nitrogens is 1. The number of rotatable bonds is 1. The molecule has 5 heteroatoms. The van der Waals surface area contributed by atoms with E-state index >= 15 is 0 Å². The highest BCUT2D eigenvalue weighted by Gasteiger charge is 2.11. The van der Waals surface area contributed by atoms with Crippen LogP contribution in [0.1, 0.15) is 5.56 Å². The Hall–Kier alpha value is -1.79. The molecule has 0 aliphatic heterocycles. The van der Waals surface area contributed by atoms with Gasteiger partial charge in [-0.05, 0) is 29.8 Å². The van der Waals surface area contributed by atoms with Gasteiger partial charge in [-0.3, -0.25) is 4.98 Å². The Labute approximate surface area is 136 Å². The number of nitriles is 1. The molecule has 102 valence electrons. The highest BCUT2D eigenvalue weighted by Crippen LogP contribution is 2.35. The lowest BCUT2D eigenvalue weighted by molar-refractivity contribution is 1.37. The van der Waals surface area contributed by atoms with E-state index in [0.717, 1.165) is 11.1 Å². The van der Waals surface area contributed by atoms with Gasteiger partial charge in [0.2, 0.25) is 0 Å². The number of nitrogens with zero attached hydrogens (tertiary/aromatic N) is 2. The molecule has 2 nitrogen and oxygen atoms in total. The fourth-order valence-corrected chi connectivity index (χ4v) is 2.75. The molecule has 0 saturated carbocycles. The second kappa shape index (κ2) is 5.54. The molecule has 0 N–H and O–H groups in total. The van der Waals surface area contributed by atoms with E-state index in [1.807, 2.05) is 24.3 Å². The van der Waals surface area contributed by atoms with Crippen molar-refractivity contribution in [3.8, 4) is 17.2 Å². The molecule has 2 aromatic carbocycles. The monoisotopic (exact) mass is 332 g/mol. The van der Waals surface area contributed by atoms with Gasteiger partial charge in [-0.25, -0.2) is 0 Å². The van der Waals surface area contributed by atoms with Crippen LogP contribution < -0.4 is 0 Å². The van der Waals surface area contributed by atoms with Crippen LogP contribution in [0.3, 0.4) is 0 Å². The van der Waals surface area contributed by atoms with Gasteiger partial charge in [0.1, 0.15) is 6.07 Å². The van der Waals surface area contributed by atoms with Crippen LogP contribution in [-0.4, -0.2) is 4.98 Å². The van der Waals surface area contributed by atoms with Crippen LogP contribution in [0.4, 0.5) is 0 Å². The summed E-state index contributed by atoms with van der Waals surface area (Å²) < 4.78 is 0. The van der Waals surface area contributed by atoms with Crippen molar-refractivity contribution in [1.82, 2.24) is 4.98 Å². The van der Waals surface area contributed by atoms with Crippen molar-refractivity contribution >= 4 is 45.7 Å². The second-order valence-electron chi connectivity index (χ2n) is 4.45. The Morgan fingerprint density at radius 3 is 2.38 bits per heavy atom. The maximum absolute atomic E-state index is 9.03. The van der Waals surface area contributed by atoms with Gasteiger partial charge in [0.25, 0.3) is 0 Å². The van der Waals surface area contributed by atoms with Crippen molar-refractivity contribution in [1.29, 1.82) is 5.26 Å². The largest absolute Gasteiger partial charge is 0.255 e. The molecule has 0 atom stereocenters. The first-order valence-corrected chi connectivity index (χ1v) is 7.17. The normalized spacial score (nSPS) is 10.6. The average Bonchev–Trinajstić information content (AvgIpc) is 2.48. The van der Waals surface area contributed by atoms with E-state index in [9.17, 15) is 0 Å². The molecule has 3 aromatic rings. The minimum Gasteiger partial charge on any atom is -0.255 e. The van der Waals surface area contributed by atoms with Gasteiger partial charge in [0.15, 0.2) is 0 Å². The zero-order chi connectivity index (χ0) is 15.0. The predicted molar refractivity (Wildman–Crippen MR) is 86.9 cm³/mol. The Morgan fingerprint density at radius 2 is 1.71 bits per heavy atom. The Balaban J connectivity index is 2.29. The fourth-order valence-electron chi connectivity index (χ4n) is 2.11. The maximum Gasteiger partial charge on any atom is 0.102 e. The first-order chi connectivity index (χ1) is 10.1. The lowest BCUT2D eigenvalue weighted by Crippen LogP contribution is -1.88. The zero-order valence-corrected chi connectivity index (χ0v) is 12.8. The Morgan fingerprint density at radius 1 is 1.00 bits per heavy atom. The molecule has 3 rings (SSSR count). The molecule has 0 fully saturated rings. The van der Waals surface area contributed by atoms with Crippen LogP contribution in [0.5, 0.6) is 0 Å². The van der Waals surface area contributed by atoms with Gasteiger partial charge < -0.3 is 0 Å². The van der Waals surface area contributed by atoms with Crippen molar-refractivity contribution in [2.75, 3.05) is 0 Å². The molecule has 0 aliphatic rings. The number of fused-ring (bicyclic) bond motifs is 1. The molecule has 0 radical (unpaired) electrons. The van der Waals surface area contributed by atoms with E-state index in [1.54, 1.807) is 18.2 Å². The smallest absolute Gasteiger partial charge is 0.102 e. The van der Waals surface area contributed by atoms with Gasteiger partial charge in [-0.15, -0.1) is 0 Å². The minimum atomic E-state index is 0.341. The number of hydrogen-bond acceptors (Lipinski definition) is 2. The molecule has 0 saturated heterocycles. The van der Waals surface area contributed by atoms with Crippen molar-refractivity contribution in [3.63, 3.8) is 0 Å². The van der Waals surface area contributed by atoms with Crippen molar-refractivity contribution < 1.29 is 0 Å². The standard InChI is InChI=1S/C16H7Cl3N2/c17-11-3-1-9(2-4-11)12-5-13-15(6-14(12)18)21-8-10(7-20)16(13)19/h1-6,8H. The van der Waals surface area contributed by atoms with Gasteiger partial charge in [-0.2, -0.15) is 5.26 Å². The quantitative estimate of drug-likeness (QED) is 0.570. The first-order valence-electron chi connectivity index (χ1n) is 6.04. The van der Waals surface area contributed by atoms with Crippen molar-refractivity contribution in [2.45, 2.75) is 0 Å². The number of pyridine rings is 1. The third-order valence-electron chi connectivity index (χ3n) is 3.17. The number of hydrogen-bond donors (Lipinski definition) is 0. The van der Waals surface area contributed by atoms with Crippen LogP contribution in [0.25, 0.3) is 22.0 Å². The summed E-state index contributed by atoms with van der Waals surface area (Å²) in [4.78, 5) is 4.21. The summed E-state index contributed by atoms with van der Waals surface area (Å²) in [5, 5.41) is 11.3. The Bertz CT molecular complexity index is 881. The lowest BCUT2D eigenvalue weighted by Gasteiger charge is -2.08. The zero-order valence-electron chi connectivity index (χ0n) is 10.6. The molecule has 0 unspecified atom stereocenters. The van der Waals surface area contributed by atoms with E-state index in [1.165, 1.54) is 6.20 Å². The molecule has 0 amide bonds. The molecule has 0 spiro atoms.